The van der Waals surface area contributed by atoms with E-state index in [1.165, 1.54) is 12.1 Å². The molecule has 1 aromatic rings. The normalized spacial score (nSPS) is 21.7. The molecule has 1 saturated heterocycles. The number of halogens is 1. The molecule has 1 aliphatic rings. The average Bonchev–Trinajstić information content (AvgIpc) is 2.84. The van der Waals surface area contributed by atoms with Gasteiger partial charge in [0.2, 0.25) is 5.91 Å². The van der Waals surface area contributed by atoms with Crippen LogP contribution in [0.3, 0.4) is 0 Å². The Hall–Kier alpha value is -1.62. The van der Waals surface area contributed by atoms with Crippen molar-refractivity contribution < 1.29 is 13.9 Å². The van der Waals surface area contributed by atoms with Crippen LogP contribution in [0, 0.1) is 11.7 Å². The molecule has 0 radical (unpaired) electrons. The lowest BCUT2D eigenvalue weighted by atomic mass is 10.0. The lowest BCUT2D eigenvalue weighted by molar-refractivity contribution is -0.126. The molecular weight excluding hydrogens is 259 g/mol. The molecule has 4 nitrogen and oxygen atoms in total. The quantitative estimate of drug-likeness (QED) is 0.785. The van der Waals surface area contributed by atoms with Gasteiger partial charge in [-0.15, -0.1) is 0 Å². The highest BCUT2D eigenvalue weighted by Gasteiger charge is 2.30. The van der Waals surface area contributed by atoms with Crippen molar-refractivity contribution in [2.24, 2.45) is 5.92 Å². The van der Waals surface area contributed by atoms with Crippen molar-refractivity contribution in [2.75, 3.05) is 25.0 Å². The summed E-state index contributed by atoms with van der Waals surface area (Å²) in [5.41, 5.74) is 0.758. The van der Waals surface area contributed by atoms with Crippen molar-refractivity contribution in [3.8, 4) is 0 Å². The maximum absolute atomic E-state index is 12.9. The van der Waals surface area contributed by atoms with E-state index in [9.17, 15) is 9.18 Å². The fraction of sp³-hybridized carbons (Fsp3) is 0.533. The molecule has 2 atom stereocenters. The van der Waals surface area contributed by atoms with E-state index in [4.69, 9.17) is 4.74 Å². The largest absolute Gasteiger partial charge is 0.385 e. The van der Waals surface area contributed by atoms with Crippen molar-refractivity contribution in [3.63, 3.8) is 0 Å². The first-order chi connectivity index (χ1) is 9.66. The molecule has 0 aromatic heterocycles. The van der Waals surface area contributed by atoms with Crippen LogP contribution in [-0.2, 0) is 9.53 Å². The van der Waals surface area contributed by atoms with Crippen LogP contribution in [0.5, 0.6) is 0 Å². The van der Waals surface area contributed by atoms with Gasteiger partial charge in [0.05, 0.1) is 12.0 Å². The minimum atomic E-state index is -0.251. The summed E-state index contributed by atoms with van der Waals surface area (Å²) < 4.78 is 18.3. The molecule has 1 amide bonds. The molecule has 0 unspecified atom stereocenters. The van der Waals surface area contributed by atoms with Gasteiger partial charge in [-0.3, -0.25) is 4.79 Å². The third kappa shape index (κ3) is 4.20. The summed E-state index contributed by atoms with van der Waals surface area (Å²) in [4.78, 5) is 11.9. The van der Waals surface area contributed by atoms with Crippen molar-refractivity contribution in [2.45, 2.75) is 25.9 Å². The molecule has 1 fully saturated rings. The fourth-order valence-corrected chi connectivity index (χ4v) is 2.34. The van der Waals surface area contributed by atoms with Crippen molar-refractivity contribution in [3.05, 3.63) is 30.1 Å². The highest BCUT2D eigenvalue weighted by molar-refractivity contribution is 5.79. The molecule has 2 N–H and O–H groups in total. The maximum atomic E-state index is 12.9. The molecule has 20 heavy (non-hydrogen) atoms. The molecule has 1 aliphatic heterocycles. The van der Waals surface area contributed by atoms with Gasteiger partial charge < -0.3 is 15.4 Å². The van der Waals surface area contributed by atoms with E-state index < -0.39 is 0 Å². The molecule has 2 rings (SSSR count). The summed E-state index contributed by atoms with van der Waals surface area (Å²) in [6, 6.07) is 6.35. The first-order valence-corrected chi connectivity index (χ1v) is 7.05. The zero-order valence-corrected chi connectivity index (χ0v) is 11.7. The summed E-state index contributed by atoms with van der Waals surface area (Å²) >= 11 is 0. The number of nitrogens with one attached hydrogen (secondary N) is 2. The zero-order valence-electron chi connectivity index (χ0n) is 11.7. The number of benzene rings is 1. The summed E-state index contributed by atoms with van der Waals surface area (Å²) in [5.74, 6) is -0.203. The van der Waals surface area contributed by atoms with E-state index in [2.05, 4.69) is 10.6 Å². The van der Waals surface area contributed by atoms with Gasteiger partial charge in [0.25, 0.3) is 0 Å². The maximum Gasteiger partial charge on any atom is 0.225 e. The Morgan fingerprint density at radius 3 is 3.00 bits per heavy atom. The van der Waals surface area contributed by atoms with Crippen molar-refractivity contribution in [1.29, 1.82) is 0 Å². The molecule has 0 saturated carbocycles. The van der Waals surface area contributed by atoms with Crippen LogP contribution < -0.4 is 10.6 Å². The van der Waals surface area contributed by atoms with E-state index in [0.717, 1.165) is 18.5 Å². The Labute approximate surface area is 118 Å². The predicted octanol–water partition coefficient (Wildman–Crippen LogP) is 2.17. The van der Waals surface area contributed by atoms with E-state index in [1.807, 2.05) is 13.0 Å². The smallest absolute Gasteiger partial charge is 0.225 e. The summed E-state index contributed by atoms with van der Waals surface area (Å²) in [7, 11) is 0. The molecule has 110 valence electrons. The molecular formula is C15H21FN2O2. The van der Waals surface area contributed by atoms with Gasteiger partial charge >= 0.3 is 0 Å². The monoisotopic (exact) mass is 280 g/mol. The topological polar surface area (TPSA) is 50.4 Å². The van der Waals surface area contributed by atoms with Gasteiger partial charge in [-0.05, 0) is 38.0 Å². The number of hydrogen-bond acceptors (Lipinski definition) is 3. The minimum Gasteiger partial charge on any atom is -0.385 e. The van der Waals surface area contributed by atoms with E-state index in [-0.39, 0.29) is 23.7 Å². The van der Waals surface area contributed by atoms with Crippen LogP contribution in [0.2, 0.25) is 0 Å². The van der Waals surface area contributed by atoms with Gasteiger partial charge in [-0.1, -0.05) is 6.07 Å². The Kier molecular flexibility index (Phi) is 5.35. The van der Waals surface area contributed by atoms with E-state index in [0.29, 0.717) is 19.7 Å². The minimum absolute atomic E-state index is 0.0143. The van der Waals surface area contributed by atoms with Gasteiger partial charge in [0, 0.05) is 25.4 Å². The third-order valence-corrected chi connectivity index (χ3v) is 3.52. The summed E-state index contributed by atoms with van der Waals surface area (Å²) in [5, 5.41) is 6.04. The standard InChI is InChI=1S/C15H21FN2O2/c1-11-14(6-9-20-11)15(19)18-8-3-7-17-13-5-2-4-12(16)10-13/h2,4-5,10-11,14,17H,3,6-9H2,1H3,(H,18,19)/t11-,14+/m1/s1. The zero-order chi connectivity index (χ0) is 14.4. The number of amides is 1. The van der Waals surface area contributed by atoms with Crippen LogP contribution in [0.1, 0.15) is 19.8 Å². The second-order valence-corrected chi connectivity index (χ2v) is 5.05. The van der Waals surface area contributed by atoms with E-state index in [1.54, 1.807) is 6.07 Å². The highest BCUT2D eigenvalue weighted by atomic mass is 19.1. The number of rotatable bonds is 6. The lowest BCUT2D eigenvalue weighted by Crippen LogP contribution is -2.35. The number of carbonyl (C=O) groups excluding carboxylic acids is 1. The lowest BCUT2D eigenvalue weighted by Gasteiger charge is -2.14. The van der Waals surface area contributed by atoms with Crippen LogP contribution in [-0.4, -0.2) is 31.7 Å². The van der Waals surface area contributed by atoms with Crippen LogP contribution in [0.15, 0.2) is 24.3 Å². The van der Waals surface area contributed by atoms with Gasteiger partial charge in [0.15, 0.2) is 0 Å². The van der Waals surface area contributed by atoms with Gasteiger partial charge in [-0.25, -0.2) is 4.39 Å². The Morgan fingerprint density at radius 2 is 2.30 bits per heavy atom. The number of hydrogen-bond donors (Lipinski definition) is 2. The van der Waals surface area contributed by atoms with Crippen molar-refractivity contribution >= 4 is 11.6 Å². The summed E-state index contributed by atoms with van der Waals surface area (Å²) in [6.45, 7) is 3.91. The predicted molar refractivity (Wildman–Crippen MR) is 76.0 cm³/mol. The number of ether oxygens (including phenoxy) is 1. The second-order valence-electron chi connectivity index (χ2n) is 5.05. The van der Waals surface area contributed by atoms with Crippen LogP contribution >= 0.6 is 0 Å². The fourth-order valence-electron chi connectivity index (χ4n) is 2.34. The Balaban J connectivity index is 1.61. The molecule has 5 heteroatoms. The third-order valence-electron chi connectivity index (χ3n) is 3.52. The SMILES string of the molecule is C[C@H]1OCC[C@@H]1C(=O)NCCCNc1cccc(F)c1. The molecule has 1 aromatic carbocycles. The second kappa shape index (κ2) is 7.24. The number of anilines is 1. The molecule has 0 bridgehead atoms. The highest BCUT2D eigenvalue weighted by Crippen LogP contribution is 2.20. The Bertz CT molecular complexity index is 453. The summed E-state index contributed by atoms with van der Waals surface area (Å²) in [6.07, 6.45) is 1.61. The van der Waals surface area contributed by atoms with Gasteiger partial charge in [-0.2, -0.15) is 0 Å². The van der Waals surface area contributed by atoms with E-state index >= 15 is 0 Å². The first kappa shape index (κ1) is 14.8. The molecule has 1 heterocycles. The molecule has 0 spiro atoms. The Morgan fingerprint density at radius 1 is 1.45 bits per heavy atom. The van der Waals surface area contributed by atoms with Gasteiger partial charge in [0.1, 0.15) is 5.82 Å². The van der Waals surface area contributed by atoms with Crippen molar-refractivity contribution in [1.82, 2.24) is 5.32 Å². The first-order valence-electron chi connectivity index (χ1n) is 7.05. The number of carbonyl (C=O) groups is 1. The van der Waals surface area contributed by atoms with Crippen LogP contribution in [0.4, 0.5) is 10.1 Å². The van der Waals surface area contributed by atoms with Crippen LogP contribution in [0.25, 0.3) is 0 Å². The average molecular weight is 280 g/mol. The molecule has 0 aliphatic carbocycles.